The Hall–Kier alpha value is -2.64. The number of halogens is 1. The largest absolute Gasteiger partial charge is 0.447 e. The Labute approximate surface area is 216 Å². The molecule has 0 spiro atoms. The van der Waals surface area contributed by atoms with Gasteiger partial charge in [-0.3, -0.25) is 9.69 Å². The first-order valence-electron chi connectivity index (χ1n) is 12.2. The summed E-state index contributed by atoms with van der Waals surface area (Å²) in [5.74, 6) is 1.86. The molecule has 0 bridgehead atoms. The number of anilines is 1. The first-order chi connectivity index (χ1) is 16.9. The molecular formula is C27H31ClN4O2S. The average Bonchev–Trinajstić information content (AvgIpc) is 2.98. The highest BCUT2D eigenvalue weighted by molar-refractivity contribution is 7.99. The molecule has 3 aromatic rings. The van der Waals surface area contributed by atoms with Crippen molar-refractivity contribution in [2.45, 2.75) is 64.8 Å². The van der Waals surface area contributed by atoms with Crippen LogP contribution in [0.2, 0.25) is 5.02 Å². The summed E-state index contributed by atoms with van der Waals surface area (Å²) in [7, 11) is 0. The Balaban J connectivity index is 1.86. The normalized spacial score (nSPS) is 14.8. The molecule has 4 rings (SSSR count). The second kappa shape index (κ2) is 11.4. The number of carbonyl (C=O) groups is 1. The van der Waals surface area contributed by atoms with Crippen LogP contribution in [0.5, 0.6) is 5.88 Å². The highest BCUT2D eigenvalue weighted by Crippen LogP contribution is 2.44. The van der Waals surface area contributed by atoms with Gasteiger partial charge < -0.3 is 4.74 Å². The van der Waals surface area contributed by atoms with E-state index in [1.807, 2.05) is 31.2 Å². The van der Waals surface area contributed by atoms with Crippen LogP contribution >= 0.6 is 23.4 Å². The van der Waals surface area contributed by atoms with E-state index < -0.39 is 6.23 Å². The molecule has 1 atom stereocenters. The van der Waals surface area contributed by atoms with Crippen LogP contribution in [-0.2, 0) is 11.2 Å². The number of benzene rings is 2. The summed E-state index contributed by atoms with van der Waals surface area (Å²) in [6, 6.07) is 13.5. The lowest BCUT2D eigenvalue weighted by molar-refractivity contribution is -0.120. The number of rotatable bonds is 8. The minimum atomic E-state index is -0.705. The van der Waals surface area contributed by atoms with Crippen LogP contribution in [0.15, 0.2) is 47.6 Å². The SMILES string of the molecule is CCCC(=O)N1c2ccc(CC)cc2-c2nnc(SCCC(C)C)nc2O[C@@H]1c1ccc(Cl)cc1. The zero-order valence-corrected chi connectivity index (χ0v) is 22.2. The smallest absolute Gasteiger partial charge is 0.247 e. The van der Waals surface area contributed by atoms with E-state index in [4.69, 9.17) is 21.3 Å². The Morgan fingerprint density at radius 2 is 1.91 bits per heavy atom. The lowest BCUT2D eigenvalue weighted by atomic mass is 10.0. The number of hydrogen-bond acceptors (Lipinski definition) is 6. The Kier molecular flexibility index (Phi) is 8.29. The summed E-state index contributed by atoms with van der Waals surface area (Å²) < 4.78 is 6.52. The molecule has 0 unspecified atom stereocenters. The minimum Gasteiger partial charge on any atom is -0.447 e. The molecule has 2 aromatic carbocycles. The van der Waals surface area contributed by atoms with E-state index in [2.05, 4.69) is 37.0 Å². The molecule has 2 heterocycles. The monoisotopic (exact) mass is 510 g/mol. The predicted octanol–water partition coefficient (Wildman–Crippen LogP) is 7.12. The number of fused-ring (bicyclic) bond motifs is 3. The van der Waals surface area contributed by atoms with E-state index in [0.29, 0.717) is 34.1 Å². The van der Waals surface area contributed by atoms with Gasteiger partial charge in [0.05, 0.1) is 5.69 Å². The van der Waals surface area contributed by atoms with Gasteiger partial charge >= 0.3 is 0 Å². The van der Waals surface area contributed by atoms with E-state index in [1.165, 1.54) is 0 Å². The molecule has 0 radical (unpaired) electrons. The summed E-state index contributed by atoms with van der Waals surface area (Å²) in [6.45, 7) is 8.49. The third-order valence-electron chi connectivity index (χ3n) is 5.89. The van der Waals surface area contributed by atoms with E-state index >= 15 is 0 Å². The highest BCUT2D eigenvalue weighted by atomic mass is 35.5. The van der Waals surface area contributed by atoms with Crippen LogP contribution < -0.4 is 9.64 Å². The van der Waals surface area contributed by atoms with Crippen molar-refractivity contribution in [3.05, 3.63) is 58.6 Å². The number of aryl methyl sites for hydroxylation is 1. The van der Waals surface area contributed by atoms with Gasteiger partial charge in [0, 0.05) is 28.3 Å². The molecule has 1 aliphatic rings. The zero-order valence-electron chi connectivity index (χ0n) is 20.6. The molecule has 0 saturated carbocycles. The standard InChI is InChI=1S/C27H31ClN4O2S/c1-5-7-23(33)32-22-13-8-18(6-2)16-21(22)24-25(29-27(31-30-24)35-15-14-17(3)4)34-26(32)19-9-11-20(28)12-10-19/h8-13,16-17,26H,5-7,14-15H2,1-4H3/t26-/m1/s1. The third kappa shape index (κ3) is 5.78. The molecule has 0 saturated heterocycles. The highest BCUT2D eigenvalue weighted by Gasteiger charge is 2.35. The molecular weight excluding hydrogens is 480 g/mol. The molecule has 0 N–H and O–H groups in total. The van der Waals surface area contributed by atoms with Crippen LogP contribution in [0.3, 0.4) is 0 Å². The molecule has 35 heavy (non-hydrogen) atoms. The maximum atomic E-state index is 13.5. The van der Waals surface area contributed by atoms with Gasteiger partial charge in [0.2, 0.25) is 23.2 Å². The fourth-order valence-electron chi connectivity index (χ4n) is 3.93. The quantitative estimate of drug-likeness (QED) is 0.300. The second-order valence-electron chi connectivity index (χ2n) is 9.02. The predicted molar refractivity (Wildman–Crippen MR) is 142 cm³/mol. The van der Waals surface area contributed by atoms with Gasteiger partial charge in [0.15, 0.2) is 5.69 Å². The van der Waals surface area contributed by atoms with Crippen molar-refractivity contribution in [1.82, 2.24) is 15.2 Å². The first kappa shape index (κ1) is 25.5. The second-order valence-corrected chi connectivity index (χ2v) is 10.5. The Bertz CT molecular complexity index is 1190. The molecule has 6 nitrogen and oxygen atoms in total. The van der Waals surface area contributed by atoms with Crippen molar-refractivity contribution in [2.75, 3.05) is 10.7 Å². The van der Waals surface area contributed by atoms with Crippen LogP contribution in [0.4, 0.5) is 5.69 Å². The summed E-state index contributed by atoms with van der Waals surface area (Å²) in [5, 5.41) is 10.2. The number of amides is 1. The molecule has 8 heteroatoms. The molecule has 1 amide bonds. The van der Waals surface area contributed by atoms with Gasteiger partial charge in [-0.25, -0.2) is 0 Å². The fraction of sp³-hybridized carbons (Fsp3) is 0.407. The number of ether oxygens (including phenoxy) is 1. The van der Waals surface area contributed by atoms with E-state index in [1.54, 1.807) is 28.8 Å². The van der Waals surface area contributed by atoms with Gasteiger partial charge in [-0.15, -0.1) is 10.2 Å². The van der Waals surface area contributed by atoms with Gasteiger partial charge in [-0.05, 0) is 55.0 Å². The first-order valence-corrected chi connectivity index (χ1v) is 13.5. The number of hydrogen-bond donors (Lipinski definition) is 0. The van der Waals surface area contributed by atoms with Crippen LogP contribution in [0, 0.1) is 5.92 Å². The van der Waals surface area contributed by atoms with Crippen molar-refractivity contribution >= 4 is 35.0 Å². The summed E-state index contributed by atoms with van der Waals surface area (Å²) in [6.07, 6.45) is 2.34. The van der Waals surface area contributed by atoms with E-state index in [9.17, 15) is 4.79 Å². The Morgan fingerprint density at radius 1 is 1.14 bits per heavy atom. The fourth-order valence-corrected chi connectivity index (χ4v) is 5.07. The molecule has 0 aliphatic carbocycles. The maximum Gasteiger partial charge on any atom is 0.247 e. The van der Waals surface area contributed by atoms with Crippen molar-refractivity contribution in [2.24, 2.45) is 5.92 Å². The van der Waals surface area contributed by atoms with Crippen molar-refractivity contribution in [3.8, 4) is 17.1 Å². The lowest BCUT2D eigenvalue weighted by Crippen LogP contribution is -2.37. The third-order valence-corrected chi connectivity index (χ3v) is 7.01. The summed E-state index contributed by atoms with van der Waals surface area (Å²) >= 11 is 7.73. The molecule has 184 valence electrons. The summed E-state index contributed by atoms with van der Waals surface area (Å²) in [5.41, 5.74) is 4.05. The van der Waals surface area contributed by atoms with Crippen molar-refractivity contribution in [1.29, 1.82) is 0 Å². The van der Waals surface area contributed by atoms with Gasteiger partial charge in [-0.2, -0.15) is 4.98 Å². The van der Waals surface area contributed by atoms with Gasteiger partial charge in [-0.1, -0.05) is 69.3 Å². The topological polar surface area (TPSA) is 68.2 Å². The Morgan fingerprint density at radius 3 is 2.60 bits per heavy atom. The van der Waals surface area contributed by atoms with Crippen molar-refractivity contribution in [3.63, 3.8) is 0 Å². The maximum absolute atomic E-state index is 13.5. The molecule has 0 fully saturated rings. The van der Waals surface area contributed by atoms with E-state index in [-0.39, 0.29) is 5.91 Å². The van der Waals surface area contributed by atoms with Crippen molar-refractivity contribution < 1.29 is 9.53 Å². The van der Waals surface area contributed by atoms with Gasteiger partial charge in [0.25, 0.3) is 0 Å². The van der Waals surface area contributed by atoms with E-state index in [0.717, 1.165) is 47.4 Å². The average molecular weight is 511 g/mol. The number of aromatic nitrogens is 3. The number of nitrogens with zero attached hydrogens (tertiary/aromatic N) is 4. The molecule has 1 aromatic heterocycles. The number of thioether (sulfide) groups is 1. The molecule has 1 aliphatic heterocycles. The summed E-state index contributed by atoms with van der Waals surface area (Å²) in [4.78, 5) is 20.0. The van der Waals surface area contributed by atoms with Gasteiger partial charge in [0.1, 0.15) is 0 Å². The minimum absolute atomic E-state index is 0.0229. The van der Waals surface area contributed by atoms with Crippen LogP contribution in [0.1, 0.15) is 64.3 Å². The number of carbonyl (C=O) groups excluding carboxylic acids is 1. The van der Waals surface area contributed by atoms with Crippen LogP contribution in [-0.4, -0.2) is 26.8 Å². The van der Waals surface area contributed by atoms with Crippen LogP contribution in [0.25, 0.3) is 11.3 Å². The lowest BCUT2D eigenvalue weighted by Gasteiger charge is -2.31. The zero-order chi connectivity index (χ0) is 24.9.